The largest absolute Gasteiger partial charge is 0.466 e. The maximum Gasteiger partial charge on any atom is 0.163 e. The number of furan rings is 1. The Kier molecular flexibility index (Phi) is 1.73. The first-order chi connectivity index (χ1) is 6.85. The van der Waals surface area contributed by atoms with E-state index in [1.54, 1.807) is 6.26 Å². The summed E-state index contributed by atoms with van der Waals surface area (Å²) < 4.78 is 5.38. The topological polar surface area (TPSA) is 42.6 Å². The van der Waals surface area contributed by atoms with Crippen LogP contribution in [0.5, 0.6) is 0 Å². The van der Waals surface area contributed by atoms with Crippen LogP contribution in [0.15, 0.2) is 22.8 Å². The monoisotopic (exact) mass is 194 g/mol. The third kappa shape index (κ3) is 0.940. The average molecular weight is 194 g/mol. The molecule has 0 saturated heterocycles. The fourth-order valence-corrected chi connectivity index (χ4v) is 3.26. The van der Waals surface area contributed by atoms with Crippen molar-refractivity contribution in [3.8, 4) is 0 Å². The van der Waals surface area contributed by atoms with Crippen molar-refractivity contribution in [2.75, 3.05) is 0 Å². The van der Waals surface area contributed by atoms with E-state index >= 15 is 0 Å². The second kappa shape index (κ2) is 2.84. The molecule has 2 aliphatic carbocycles. The maximum absolute atomic E-state index is 9.15. The maximum atomic E-state index is 9.15. The zero-order valence-electron chi connectivity index (χ0n) is 7.98. The molecule has 3 nitrogen and oxygen atoms in total. The van der Waals surface area contributed by atoms with Gasteiger partial charge in [-0.05, 0) is 49.7 Å². The third-order valence-electron chi connectivity index (χ3n) is 3.89. The fraction of sp³-hybridized carbons (Fsp3) is 0.636. The van der Waals surface area contributed by atoms with Crippen molar-refractivity contribution in [1.82, 2.24) is 0 Å². The van der Waals surface area contributed by atoms with Crippen LogP contribution in [0.4, 0.5) is 0 Å². The molecule has 2 bridgehead atoms. The summed E-state index contributed by atoms with van der Waals surface area (Å²) >= 11 is 0. The lowest BCUT2D eigenvalue weighted by Gasteiger charge is -2.32. The second-order valence-electron chi connectivity index (χ2n) is 4.54. The average Bonchev–Trinajstić information content (AvgIpc) is 2.93. The van der Waals surface area contributed by atoms with E-state index < -0.39 is 5.60 Å². The number of hydrogen-bond acceptors (Lipinski definition) is 3. The van der Waals surface area contributed by atoms with Gasteiger partial charge in [0, 0.05) is 0 Å². The highest BCUT2D eigenvalue weighted by atomic mass is 17.1. The predicted octanol–water partition coefficient (Wildman–Crippen LogP) is 2.78. The van der Waals surface area contributed by atoms with Gasteiger partial charge in [0.2, 0.25) is 0 Å². The van der Waals surface area contributed by atoms with E-state index in [0.717, 1.165) is 18.6 Å². The molecule has 0 unspecified atom stereocenters. The molecule has 3 rings (SSSR count). The van der Waals surface area contributed by atoms with Crippen LogP contribution < -0.4 is 0 Å². The Morgan fingerprint density at radius 1 is 1.50 bits per heavy atom. The Morgan fingerprint density at radius 2 is 2.43 bits per heavy atom. The summed E-state index contributed by atoms with van der Waals surface area (Å²) in [6.07, 6.45) is 6.13. The van der Waals surface area contributed by atoms with E-state index in [0.29, 0.717) is 11.8 Å². The summed E-state index contributed by atoms with van der Waals surface area (Å²) in [5, 5.41) is 9.15. The molecule has 0 radical (unpaired) electrons. The molecule has 0 spiro atoms. The molecule has 2 saturated carbocycles. The van der Waals surface area contributed by atoms with Crippen molar-refractivity contribution in [3.63, 3.8) is 0 Å². The van der Waals surface area contributed by atoms with E-state index in [-0.39, 0.29) is 0 Å². The van der Waals surface area contributed by atoms with Gasteiger partial charge in [0.25, 0.3) is 0 Å². The van der Waals surface area contributed by atoms with Crippen LogP contribution >= 0.6 is 0 Å². The predicted molar refractivity (Wildman–Crippen MR) is 49.5 cm³/mol. The quantitative estimate of drug-likeness (QED) is 0.581. The zero-order chi connectivity index (χ0) is 9.60. The molecular weight excluding hydrogens is 180 g/mol. The van der Waals surface area contributed by atoms with Gasteiger partial charge < -0.3 is 4.42 Å². The highest BCUT2D eigenvalue weighted by Crippen LogP contribution is 2.57. The molecule has 0 aliphatic heterocycles. The first-order valence-electron chi connectivity index (χ1n) is 5.22. The van der Waals surface area contributed by atoms with E-state index in [1.165, 1.54) is 12.8 Å². The molecule has 2 aliphatic rings. The fourth-order valence-electron chi connectivity index (χ4n) is 3.26. The van der Waals surface area contributed by atoms with Crippen LogP contribution in [0.1, 0.15) is 31.4 Å². The zero-order valence-corrected chi connectivity index (χ0v) is 7.98. The molecular formula is C11H14O3. The highest BCUT2D eigenvalue weighted by Gasteiger charge is 2.55. The third-order valence-corrected chi connectivity index (χ3v) is 3.89. The van der Waals surface area contributed by atoms with E-state index in [9.17, 15) is 0 Å². The van der Waals surface area contributed by atoms with Gasteiger partial charge in [-0.25, -0.2) is 4.89 Å². The Labute approximate surface area is 82.6 Å². The molecule has 3 atom stereocenters. The summed E-state index contributed by atoms with van der Waals surface area (Å²) in [5.41, 5.74) is -0.535. The summed E-state index contributed by atoms with van der Waals surface area (Å²) in [4.78, 5) is 4.78. The Bertz CT molecular complexity index is 319. The van der Waals surface area contributed by atoms with Gasteiger partial charge in [-0.2, -0.15) is 0 Å². The second-order valence-corrected chi connectivity index (χ2v) is 4.54. The van der Waals surface area contributed by atoms with Gasteiger partial charge in [-0.1, -0.05) is 0 Å². The first-order valence-corrected chi connectivity index (χ1v) is 5.22. The minimum Gasteiger partial charge on any atom is -0.466 e. The lowest BCUT2D eigenvalue weighted by Crippen LogP contribution is -2.34. The SMILES string of the molecule is OO[C@@]1(c2ccco2)C[C@H]2CC[C@H]1C2. The standard InChI is InChI=1S/C11H14O3/c12-14-11(10-2-1-5-13-10)7-8-3-4-9(11)6-8/h1-2,5,8-9,12H,3-4,6-7H2/t8-,9-,11-/m0/s1. The van der Waals surface area contributed by atoms with Crippen molar-refractivity contribution < 1.29 is 14.6 Å². The van der Waals surface area contributed by atoms with Crippen LogP contribution in [0.2, 0.25) is 0 Å². The van der Waals surface area contributed by atoms with Gasteiger partial charge >= 0.3 is 0 Å². The molecule has 1 N–H and O–H groups in total. The van der Waals surface area contributed by atoms with Crippen molar-refractivity contribution in [2.24, 2.45) is 11.8 Å². The molecule has 0 amide bonds. The van der Waals surface area contributed by atoms with Crippen molar-refractivity contribution in [3.05, 3.63) is 24.2 Å². The highest BCUT2D eigenvalue weighted by molar-refractivity contribution is 5.17. The van der Waals surface area contributed by atoms with Gasteiger partial charge in [0.1, 0.15) is 5.76 Å². The summed E-state index contributed by atoms with van der Waals surface area (Å²) in [6, 6.07) is 3.75. The Hall–Kier alpha value is -0.800. The molecule has 14 heavy (non-hydrogen) atoms. The molecule has 0 aromatic carbocycles. The van der Waals surface area contributed by atoms with Gasteiger partial charge in [-0.3, -0.25) is 5.26 Å². The lowest BCUT2D eigenvalue weighted by atomic mass is 9.82. The molecule has 3 heteroatoms. The number of rotatable bonds is 2. The molecule has 1 aromatic heterocycles. The normalized spacial score (nSPS) is 40.6. The lowest BCUT2D eigenvalue weighted by molar-refractivity contribution is -0.347. The van der Waals surface area contributed by atoms with E-state index in [1.807, 2.05) is 12.1 Å². The van der Waals surface area contributed by atoms with Crippen molar-refractivity contribution >= 4 is 0 Å². The first kappa shape index (κ1) is 8.50. The van der Waals surface area contributed by atoms with Crippen LogP contribution in [0.3, 0.4) is 0 Å². The summed E-state index contributed by atoms with van der Waals surface area (Å²) in [5.74, 6) is 1.92. The molecule has 1 heterocycles. The van der Waals surface area contributed by atoms with Crippen molar-refractivity contribution in [2.45, 2.75) is 31.3 Å². The Morgan fingerprint density at radius 3 is 2.93 bits per heavy atom. The molecule has 76 valence electrons. The van der Waals surface area contributed by atoms with Crippen LogP contribution in [0.25, 0.3) is 0 Å². The smallest absolute Gasteiger partial charge is 0.163 e. The van der Waals surface area contributed by atoms with Gasteiger partial charge in [0.15, 0.2) is 5.60 Å². The molecule has 1 aromatic rings. The summed E-state index contributed by atoms with van der Waals surface area (Å²) in [6.45, 7) is 0. The number of hydrogen-bond donors (Lipinski definition) is 1. The van der Waals surface area contributed by atoms with E-state index in [2.05, 4.69) is 0 Å². The van der Waals surface area contributed by atoms with E-state index in [4.69, 9.17) is 14.6 Å². The minimum atomic E-state index is -0.535. The summed E-state index contributed by atoms with van der Waals surface area (Å²) in [7, 11) is 0. The molecule has 2 fully saturated rings. The van der Waals surface area contributed by atoms with Gasteiger partial charge in [-0.15, -0.1) is 0 Å². The number of fused-ring (bicyclic) bond motifs is 2. The van der Waals surface area contributed by atoms with Gasteiger partial charge in [0.05, 0.1) is 6.26 Å². The Balaban J connectivity index is 2.00. The van der Waals surface area contributed by atoms with Crippen molar-refractivity contribution in [1.29, 1.82) is 0 Å². The van der Waals surface area contributed by atoms with Crippen LogP contribution in [-0.2, 0) is 10.5 Å². The minimum absolute atomic E-state index is 0.434. The van der Waals surface area contributed by atoms with Crippen LogP contribution in [-0.4, -0.2) is 5.26 Å². The van der Waals surface area contributed by atoms with Crippen LogP contribution in [0, 0.1) is 11.8 Å².